The summed E-state index contributed by atoms with van der Waals surface area (Å²) in [5.74, 6) is 0. The van der Waals surface area contributed by atoms with E-state index < -0.39 is 0 Å². The summed E-state index contributed by atoms with van der Waals surface area (Å²) in [7, 11) is 0. The molecule has 2 heteroatoms. The van der Waals surface area contributed by atoms with Gasteiger partial charge in [-0.25, -0.2) is 4.57 Å². The van der Waals surface area contributed by atoms with E-state index in [1.807, 2.05) is 0 Å². The molecular weight excluding hydrogens is 232 g/mol. The molecule has 0 aliphatic heterocycles. The van der Waals surface area contributed by atoms with Crippen molar-refractivity contribution in [3.8, 4) is 5.69 Å². The number of para-hydroxylation sites is 1. The number of hydrogen-bond donors (Lipinski definition) is 0. The number of nitrogens with zero attached hydrogens (tertiary/aromatic N) is 2. The fraction of sp³-hybridized carbons (Fsp3) is 0.471. The van der Waals surface area contributed by atoms with Crippen molar-refractivity contribution in [2.75, 3.05) is 0 Å². The molecule has 1 saturated carbocycles. The lowest BCUT2D eigenvalue weighted by atomic mass is 10.2. The lowest BCUT2D eigenvalue weighted by Gasteiger charge is -2.05. The number of rotatable bonds is 2. The summed E-state index contributed by atoms with van der Waals surface area (Å²) in [6, 6.07) is 8.85. The molecule has 1 aromatic heterocycles. The van der Waals surface area contributed by atoms with Gasteiger partial charge in [-0.1, -0.05) is 18.2 Å². The van der Waals surface area contributed by atoms with Crippen LogP contribution in [0.3, 0.4) is 0 Å². The van der Waals surface area contributed by atoms with Crippen LogP contribution in [0.4, 0.5) is 0 Å². The Hall–Kier alpha value is -1.57. The third kappa shape index (κ3) is 2.09. The fourth-order valence-electron chi connectivity index (χ4n) is 3.16. The highest BCUT2D eigenvalue weighted by molar-refractivity contribution is 5.32. The van der Waals surface area contributed by atoms with E-state index in [0.717, 1.165) is 5.69 Å². The van der Waals surface area contributed by atoms with Crippen molar-refractivity contribution in [3.05, 3.63) is 47.5 Å². The van der Waals surface area contributed by atoms with Crippen LogP contribution in [0.1, 0.15) is 50.0 Å². The smallest absolute Gasteiger partial charge is 0.231 e. The molecule has 0 saturated heterocycles. The van der Waals surface area contributed by atoms with Gasteiger partial charge in [0.15, 0.2) is 1.37 Å². The van der Waals surface area contributed by atoms with Crippen LogP contribution >= 0.6 is 0 Å². The van der Waals surface area contributed by atoms with Crippen LogP contribution < -0.4 is 4.57 Å². The van der Waals surface area contributed by atoms with Crippen molar-refractivity contribution in [1.29, 1.82) is 0 Å². The summed E-state index contributed by atoms with van der Waals surface area (Å²) in [6.07, 6.45) is 5.65. The van der Waals surface area contributed by atoms with Crippen molar-refractivity contribution < 1.29 is 5.94 Å². The van der Waals surface area contributed by atoms with E-state index in [9.17, 15) is 0 Å². The monoisotopic (exact) mass is 256 g/mol. The van der Waals surface area contributed by atoms with Gasteiger partial charge in [-0.3, -0.25) is 0 Å². The van der Waals surface area contributed by atoms with Gasteiger partial charge in [0, 0.05) is 13.8 Å². The summed E-state index contributed by atoms with van der Waals surface area (Å²) < 4.78 is 13.0. The highest BCUT2D eigenvalue weighted by Gasteiger charge is 2.27. The van der Waals surface area contributed by atoms with Crippen molar-refractivity contribution in [3.63, 3.8) is 0 Å². The van der Waals surface area contributed by atoms with E-state index in [0.29, 0.717) is 12.3 Å². The van der Waals surface area contributed by atoms with E-state index in [4.69, 9.17) is 1.37 Å². The Kier molecular flexibility index (Phi) is 2.87. The quantitative estimate of drug-likeness (QED) is 0.723. The minimum absolute atomic E-state index is 0.520. The van der Waals surface area contributed by atoms with Crippen molar-refractivity contribution in [1.82, 2.24) is 4.57 Å². The van der Waals surface area contributed by atoms with Gasteiger partial charge in [0.05, 0.1) is 0 Å². The second-order valence-electron chi connectivity index (χ2n) is 5.70. The third-order valence-corrected chi connectivity index (χ3v) is 4.47. The largest absolute Gasteiger partial charge is 0.249 e. The zero-order valence-corrected chi connectivity index (χ0v) is 12.1. The van der Waals surface area contributed by atoms with Crippen molar-refractivity contribution in [2.24, 2.45) is 0 Å². The van der Waals surface area contributed by atoms with Gasteiger partial charge < -0.3 is 0 Å². The predicted molar refractivity (Wildman–Crippen MR) is 77.7 cm³/mol. The molecule has 1 aliphatic carbocycles. The third-order valence-electron chi connectivity index (χ3n) is 4.47. The molecule has 1 aliphatic rings. The molecule has 19 heavy (non-hydrogen) atoms. The Balaban J connectivity index is 2.18. The summed E-state index contributed by atoms with van der Waals surface area (Å²) >= 11 is 0. The number of imidazole rings is 1. The molecule has 1 heterocycles. The molecular formula is C17H23N2+. The van der Waals surface area contributed by atoms with Gasteiger partial charge in [-0.05, 0) is 44.2 Å². The second-order valence-corrected chi connectivity index (χ2v) is 5.70. The van der Waals surface area contributed by atoms with Crippen LogP contribution in [-0.4, -0.2) is 4.57 Å². The maximum Gasteiger partial charge on any atom is 0.249 e. The Morgan fingerprint density at radius 3 is 2.53 bits per heavy atom. The number of aromatic nitrogens is 2. The van der Waals surface area contributed by atoms with Crippen molar-refractivity contribution in [2.45, 2.75) is 52.5 Å². The Bertz CT molecular complexity index is 637. The van der Waals surface area contributed by atoms with Crippen LogP contribution in [0.15, 0.2) is 30.6 Å². The SMILES string of the molecule is [2H]c1n(C2CCCC2)c(C)c(C)[n+]1-c1ccccc1C. The first-order valence-electron chi connectivity index (χ1n) is 7.77. The Labute approximate surface area is 117 Å². The Morgan fingerprint density at radius 1 is 1.16 bits per heavy atom. The van der Waals surface area contributed by atoms with Crippen LogP contribution in [0.2, 0.25) is 0 Å². The fourth-order valence-corrected chi connectivity index (χ4v) is 3.16. The van der Waals surface area contributed by atoms with Gasteiger partial charge >= 0.3 is 0 Å². The van der Waals surface area contributed by atoms with Gasteiger partial charge in [-0.15, -0.1) is 0 Å². The highest BCUT2D eigenvalue weighted by atomic mass is 15.2. The van der Waals surface area contributed by atoms with Gasteiger partial charge in [-0.2, -0.15) is 4.57 Å². The summed E-state index contributed by atoms with van der Waals surface area (Å²) in [4.78, 5) is 0. The molecule has 0 atom stereocenters. The van der Waals surface area contributed by atoms with Gasteiger partial charge in [0.1, 0.15) is 23.1 Å². The number of hydrogen-bond acceptors (Lipinski definition) is 0. The van der Waals surface area contributed by atoms with Crippen LogP contribution in [-0.2, 0) is 0 Å². The van der Waals surface area contributed by atoms with Crippen molar-refractivity contribution >= 4 is 0 Å². The second kappa shape index (κ2) is 4.84. The molecule has 3 rings (SSSR count). The lowest BCUT2D eigenvalue weighted by Crippen LogP contribution is -2.32. The Morgan fingerprint density at radius 2 is 1.84 bits per heavy atom. The molecule has 0 N–H and O–H groups in total. The van der Waals surface area contributed by atoms with E-state index in [1.165, 1.54) is 42.6 Å². The first kappa shape index (κ1) is 11.3. The predicted octanol–water partition coefficient (Wildman–Crippen LogP) is 3.81. The molecule has 0 spiro atoms. The van der Waals surface area contributed by atoms with Gasteiger partial charge in [0.25, 0.3) is 0 Å². The molecule has 0 bridgehead atoms. The normalized spacial score (nSPS) is 16.9. The minimum atomic E-state index is 0.520. The molecule has 1 aromatic carbocycles. The summed E-state index contributed by atoms with van der Waals surface area (Å²) in [5, 5.41) is 0. The lowest BCUT2D eigenvalue weighted by molar-refractivity contribution is -0.602. The molecule has 0 unspecified atom stereocenters. The zero-order valence-electron chi connectivity index (χ0n) is 13.1. The summed E-state index contributed by atoms with van der Waals surface area (Å²) in [6.45, 7) is 6.40. The topological polar surface area (TPSA) is 8.81 Å². The maximum atomic E-state index is 8.63. The van der Waals surface area contributed by atoms with E-state index in [2.05, 4.69) is 54.2 Å². The highest BCUT2D eigenvalue weighted by Crippen LogP contribution is 2.30. The number of aryl methyl sites for hydroxylation is 1. The molecule has 2 nitrogen and oxygen atoms in total. The standard InChI is InChI=1S/C17H23N2/c1-13-8-4-7-11-17(13)19-12-18(14(2)15(19)3)16-9-5-6-10-16/h4,7-8,11-12,16H,5-6,9-10H2,1-3H3/q+1/i12D. The van der Waals surface area contributed by atoms with Crippen LogP contribution in [0.5, 0.6) is 0 Å². The van der Waals surface area contributed by atoms with E-state index in [-0.39, 0.29) is 0 Å². The van der Waals surface area contributed by atoms with Crippen LogP contribution in [0.25, 0.3) is 5.69 Å². The zero-order chi connectivity index (χ0) is 14.3. The molecule has 0 radical (unpaired) electrons. The van der Waals surface area contributed by atoms with Gasteiger partial charge in [0.2, 0.25) is 6.30 Å². The average molecular weight is 256 g/mol. The average Bonchev–Trinajstić information content (AvgIpc) is 3.01. The minimum Gasteiger partial charge on any atom is -0.231 e. The molecule has 2 aromatic rings. The molecule has 0 amide bonds. The molecule has 100 valence electrons. The maximum absolute atomic E-state index is 8.63. The van der Waals surface area contributed by atoms with E-state index in [1.54, 1.807) is 0 Å². The van der Waals surface area contributed by atoms with Crippen LogP contribution in [0, 0.1) is 20.8 Å². The number of benzene rings is 1. The first-order chi connectivity index (χ1) is 9.61. The molecule has 1 fully saturated rings. The summed E-state index contributed by atoms with van der Waals surface area (Å²) in [5.41, 5.74) is 4.79. The van der Waals surface area contributed by atoms with E-state index >= 15 is 0 Å². The first-order valence-corrected chi connectivity index (χ1v) is 7.27.